The van der Waals surface area contributed by atoms with Gasteiger partial charge in [-0.3, -0.25) is 4.68 Å². The van der Waals surface area contributed by atoms with Gasteiger partial charge in [-0.2, -0.15) is 5.10 Å². The van der Waals surface area contributed by atoms with E-state index in [1.165, 1.54) is 12.1 Å². The average molecular weight is 317 g/mol. The van der Waals surface area contributed by atoms with Crippen LogP contribution in [0.5, 0.6) is 0 Å². The SMILES string of the molecule is CCCc1nn(C)c(Nc2cc(Cl)c(F)c(Cl)c2)c1N. The molecule has 2 rings (SSSR count). The van der Waals surface area contributed by atoms with E-state index in [0.717, 1.165) is 18.5 Å². The van der Waals surface area contributed by atoms with E-state index in [4.69, 9.17) is 28.9 Å². The normalized spacial score (nSPS) is 10.8. The van der Waals surface area contributed by atoms with Crippen LogP contribution >= 0.6 is 23.2 Å². The van der Waals surface area contributed by atoms with Gasteiger partial charge < -0.3 is 11.1 Å². The lowest BCUT2D eigenvalue weighted by Gasteiger charge is -2.09. The highest BCUT2D eigenvalue weighted by Crippen LogP contribution is 2.31. The number of nitrogen functional groups attached to an aromatic ring is 1. The first-order valence-corrected chi connectivity index (χ1v) is 6.92. The Hall–Kier alpha value is -1.46. The molecule has 0 amide bonds. The molecule has 0 aliphatic carbocycles. The molecule has 0 spiro atoms. The number of aromatic nitrogens is 2. The van der Waals surface area contributed by atoms with E-state index in [1.54, 1.807) is 11.7 Å². The van der Waals surface area contributed by atoms with Gasteiger partial charge in [0.05, 0.1) is 21.4 Å². The van der Waals surface area contributed by atoms with E-state index in [0.29, 0.717) is 17.2 Å². The standard InChI is InChI=1S/C13H15Cl2FN4/c1-3-4-10-12(17)13(20(2)19-10)18-7-5-8(14)11(16)9(15)6-7/h5-6,18H,3-4,17H2,1-2H3. The first kappa shape index (κ1) is 14.9. The maximum absolute atomic E-state index is 13.4. The number of aryl methyl sites for hydroxylation is 2. The third-order valence-electron chi connectivity index (χ3n) is 2.89. The van der Waals surface area contributed by atoms with E-state index < -0.39 is 5.82 Å². The van der Waals surface area contributed by atoms with E-state index in [9.17, 15) is 4.39 Å². The lowest BCUT2D eigenvalue weighted by atomic mass is 10.2. The second kappa shape index (κ2) is 5.89. The van der Waals surface area contributed by atoms with Gasteiger partial charge in [0.2, 0.25) is 0 Å². The first-order valence-electron chi connectivity index (χ1n) is 6.17. The van der Waals surface area contributed by atoms with Crippen molar-refractivity contribution in [3.63, 3.8) is 0 Å². The minimum atomic E-state index is -0.636. The molecule has 0 saturated carbocycles. The Morgan fingerprint density at radius 3 is 2.50 bits per heavy atom. The van der Waals surface area contributed by atoms with Crippen molar-refractivity contribution in [1.82, 2.24) is 9.78 Å². The summed E-state index contributed by atoms with van der Waals surface area (Å²) in [6, 6.07) is 2.91. The van der Waals surface area contributed by atoms with Crippen molar-refractivity contribution in [2.75, 3.05) is 11.1 Å². The van der Waals surface area contributed by atoms with Gasteiger partial charge >= 0.3 is 0 Å². The zero-order valence-corrected chi connectivity index (χ0v) is 12.7. The van der Waals surface area contributed by atoms with Gasteiger partial charge in [-0.05, 0) is 18.6 Å². The fraction of sp³-hybridized carbons (Fsp3) is 0.308. The van der Waals surface area contributed by atoms with E-state index >= 15 is 0 Å². The Labute approximate surface area is 126 Å². The summed E-state index contributed by atoms with van der Waals surface area (Å²) < 4.78 is 15.0. The Morgan fingerprint density at radius 2 is 1.95 bits per heavy atom. The Kier molecular flexibility index (Phi) is 4.40. The van der Waals surface area contributed by atoms with Gasteiger partial charge in [0.1, 0.15) is 0 Å². The summed E-state index contributed by atoms with van der Waals surface area (Å²) in [6.07, 6.45) is 1.75. The Bertz CT molecular complexity index is 617. The first-order chi connectivity index (χ1) is 9.43. The van der Waals surface area contributed by atoms with Crippen LogP contribution in [0.15, 0.2) is 12.1 Å². The summed E-state index contributed by atoms with van der Waals surface area (Å²) in [5, 5.41) is 7.32. The number of rotatable bonds is 4. The zero-order chi connectivity index (χ0) is 14.9. The summed E-state index contributed by atoms with van der Waals surface area (Å²) in [5.74, 6) is -0.00396. The molecule has 0 saturated heterocycles. The molecule has 4 nitrogen and oxygen atoms in total. The molecular formula is C13H15Cl2FN4. The predicted molar refractivity (Wildman–Crippen MR) is 81.3 cm³/mol. The molecular weight excluding hydrogens is 302 g/mol. The third-order valence-corrected chi connectivity index (χ3v) is 3.44. The van der Waals surface area contributed by atoms with Crippen molar-refractivity contribution < 1.29 is 4.39 Å². The molecule has 0 unspecified atom stereocenters. The highest BCUT2D eigenvalue weighted by atomic mass is 35.5. The lowest BCUT2D eigenvalue weighted by Crippen LogP contribution is -2.01. The van der Waals surface area contributed by atoms with E-state index in [-0.39, 0.29) is 10.0 Å². The molecule has 7 heteroatoms. The molecule has 0 fully saturated rings. The van der Waals surface area contributed by atoms with Gasteiger partial charge in [-0.25, -0.2) is 4.39 Å². The van der Waals surface area contributed by atoms with Crippen LogP contribution in [0.4, 0.5) is 21.6 Å². The third kappa shape index (κ3) is 2.83. The smallest absolute Gasteiger partial charge is 0.160 e. The van der Waals surface area contributed by atoms with Crippen LogP contribution < -0.4 is 11.1 Å². The minimum absolute atomic E-state index is 0.0467. The molecule has 1 heterocycles. The van der Waals surface area contributed by atoms with Crippen molar-refractivity contribution in [3.05, 3.63) is 33.7 Å². The van der Waals surface area contributed by atoms with Crippen molar-refractivity contribution in [2.45, 2.75) is 19.8 Å². The number of hydrogen-bond donors (Lipinski definition) is 2. The molecule has 108 valence electrons. The van der Waals surface area contributed by atoms with Crippen LogP contribution in [-0.2, 0) is 13.5 Å². The number of nitrogens with two attached hydrogens (primary N) is 1. The number of nitrogens with zero attached hydrogens (tertiary/aromatic N) is 2. The number of halogens is 3. The lowest BCUT2D eigenvalue weighted by molar-refractivity contribution is 0.629. The quantitative estimate of drug-likeness (QED) is 0.833. The topological polar surface area (TPSA) is 55.9 Å². The van der Waals surface area contributed by atoms with Crippen molar-refractivity contribution in [2.24, 2.45) is 7.05 Å². The van der Waals surface area contributed by atoms with Crippen LogP contribution in [0.1, 0.15) is 19.0 Å². The molecule has 0 radical (unpaired) electrons. The van der Waals surface area contributed by atoms with Gasteiger partial charge in [-0.15, -0.1) is 0 Å². The van der Waals surface area contributed by atoms with Gasteiger partial charge in [-0.1, -0.05) is 36.5 Å². The van der Waals surface area contributed by atoms with Crippen molar-refractivity contribution in [1.29, 1.82) is 0 Å². The fourth-order valence-corrected chi connectivity index (χ4v) is 2.42. The highest BCUT2D eigenvalue weighted by Gasteiger charge is 2.14. The van der Waals surface area contributed by atoms with Crippen LogP contribution in [0.25, 0.3) is 0 Å². The van der Waals surface area contributed by atoms with Gasteiger partial charge in [0.25, 0.3) is 0 Å². The van der Waals surface area contributed by atoms with Crippen LogP contribution in [-0.4, -0.2) is 9.78 Å². The van der Waals surface area contributed by atoms with Crippen LogP contribution in [0.3, 0.4) is 0 Å². The Morgan fingerprint density at radius 1 is 1.35 bits per heavy atom. The van der Waals surface area contributed by atoms with Gasteiger partial charge in [0, 0.05) is 12.7 Å². The summed E-state index contributed by atoms with van der Waals surface area (Å²) in [4.78, 5) is 0. The second-order valence-electron chi connectivity index (χ2n) is 4.46. The summed E-state index contributed by atoms with van der Waals surface area (Å²) in [6.45, 7) is 2.06. The number of benzene rings is 1. The average Bonchev–Trinajstić information content (AvgIpc) is 2.64. The fourth-order valence-electron chi connectivity index (χ4n) is 1.93. The number of hydrogen-bond acceptors (Lipinski definition) is 3. The summed E-state index contributed by atoms with van der Waals surface area (Å²) in [7, 11) is 1.78. The molecule has 1 aromatic carbocycles. The minimum Gasteiger partial charge on any atom is -0.394 e. The second-order valence-corrected chi connectivity index (χ2v) is 5.28. The van der Waals surface area contributed by atoms with Crippen LogP contribution in [0, 0.1) is 5.82 Å². The molecule has 2 aromatic rings. The van der Waals surface area contributed by atoms with Crippen LogP contribution in [0.2, 0.25) is 10.0 Å². The number of anilines is 3. The van der Waals surface area contributed by atoms with E-state index in [2.05, 4.69) is 17.3 Å². The molecule has 0 bridgehead atoms. The monoisotopic (exact) mass is 316 g/mol. The molecule has 0 aliphatic rings. The molecule has 0 atom stereocenters. The summed E-state index contributed by atoms with van der Waals surface area (Å²) in [5.41, 5.74) is 8.02. The largest absolute Gasteiger partial charge is 0.394 e. The number of nitrogens with one attached hydrogen (secondary N) is 1. The molecule has 3 N–H and O–H groups in total. The molecule has 20 heavy (non-hydrogen) atoms. The molecule has 0 aliphatic heterocycles. The van der Waals surface area contributed by atoms with Crippen molar-refractivity contribution in [3.8, 4) is 0 Å². The maximum Gasteiger partial charge on any atom is 0.160 e. The predicted octanol–water partition coefficient (Wildman–Crippen LogP) is 4.14. The van der Waals surface area contributed by atoms with Crippen molar-refractivity contribution >= 4 is 40.4 Å². The van der Waals surface area contributed by atoms with E-state index in [1.807, 2.05) is 0 Å². The molecule has 1 aromatic heterocycles. The maximum atomic E-state index is 13.4. The highest BCUT2D eigenvalue weighted by molar-refractivity contribution is 6.35. The Balaban J connectivity index is 2.35. The van der Waals surface area contributed by atoms with Gasteiger partial charge in [0.15, 0.2) is 11.6 Å². The summed E-state index contributed by atoms with van der Waals surface area (Å²) >= 11 is 11.5. The zero-order valence-electron chi connectivity index (χ0n) is 11.2.